The molecule has 1 fully saturated rings. The van der Waals surface area contributed by atoms with Gasteiger partial charge in [-0.25, -0.2) is 0 Å². The molecule has 0 aromatic heterocycles. The van der Waals surface area contributed by atoms with Crippen LogP contribution >= 0.6 is 0 Å². The Morgan fingerprint density at radius 1 is 1.25 bits per heavy atom. The molecule has 0 aromatic rings. The van der Waals surface area contributed by atoms with E-state index in [0.717, 1.165) is 12.3 Å². The third kappa shape index (κ3) is 0.451. The zero-order chi connectivity index (χ0) is 5.56. The van der Waals surface area contributed by atoms with Crippen molar-refractivity contribution in [3.05, 3.63) is 12.2 Å². The molecule has 8 heavy (non-hydrogen) atoms. The van der Waals surface area contributed by atoms with Crippen molar-refractivity contribution in [3.8, 4) is 0 Å². The highest BCUT2D eigenvalue weighted by Gasteiger charge is 2.33. The summed E-state index contributed by atoms with van der Waals surface area (Å²) in [6, 6.07) is 0. The minimum Gasteiger partial charge on any atom is -0.392 e. The zero-order valence-corrected chi connectivity index (χ0v) is 4.75. The summed E-state index contributed by atoms with van der Waals surface area (Å²) < 4.78 is 0. The number of aliphatic hydroxyl groups is 1. The Bertz CT molecular complexity index is 128. The van der Waals surface area contributed by atoms with Gasteiger partial charge in [-0.3, -0.25) is 0 Å². The number of allylic oxidation sites excluding steroid dienone is 1. The van der Waals surface area contributed by atoms with Gasteiger partial charge in [-0.2, -0.15) is 0 Å². The van der Waals surface area contributed by atoms with Crippen LogP contribution in [0.2, 0.25) is 0 Å². The Labute approximate surface area is 49.0 Å². The summed E-state index contributed by atoms with van der Waals surface area (Å²) in [4.78, 5) is 0. The highest BCUT2D eigenvalue weighted by molar-refractivity contribution is 5.10. The van der Waals surface area contributed by atoms with Crippen molar-refractivity contribution in [1.82, 2.24) is 0 Å². The first-order chi connectivity index (χ1) is 3.86. The predicted octanol–water partition coefficient (Wildman–Crippen LogP) is 0.943. The highest BCUT2D eigenvalue weighted by Crippen LogP contribution is 2.38. The molecule has 0 aromatic carbocycles. The third-order valence-electron chi connectivity index (χ3n) is 2.24. The molecule has 0 amide bonds. The smallest absolute Gasteiger partial charge is 0.0608 e. The van der Waals surface area contributed by atoms with Crippen LogP contribution in [0.15, 0.2) is 12.2 Å². The molecule has 1 heteroatoms. The molecule has 0 saturated heterocycles. The molecule has 44 valence electrons. The molecule has 1 nitrogen and oxygen atoms in total. The molecule has 0 aliphatic heterocycles. The second-order valence-corrected chi connectivity index (χ2v) is 2.85. The predicted molar refractivity (Wildman–Crippen MR) is 31.4 cm³/mol. The summed E-state index contributed by atoms with van der Waals surface area (Å²) in [6.45, 7) is 0. The van der Waals surface area contributed by atoms with E-state index in [-0.39, 0.29) is 6.10 Å². The van der Waals surface area contributed by atoms with Gasteiger partial charge in [0.15, 0.2) is 0 Å². The minimum absolute atomic E-state index is 0.00926. The minimum atomic E-state index is -0.00926. The van der Waals surface area contributed by atoms with Crippen molar-refractivity contribution in [2.75, 3.05) is 0 Å². The lowest BCUT2D eigenvalue weighted by atomic mass is 10.1. The molecule has 0 radical (unpaired) electrons. The van der Waals surface area contributed by atoms with E-state index in [1.165, 1.54) is 6.42 Å². The normalized spacial score (nSPS) is 50.9. The standard InChI is InChI=1S/C7H10O/c8-7-4-5-1-2-6(7)3-5/h1-2,5-8H,3-4H2/t5?,6?,7-/m1/s1. The monoisotopic (exact) mass is 110 g/mol. The molecule has 2 unspecified atom stereocenters. The quantitative estimate of drug-likeness (QED) is 0.460. The molecule has 2 aliphatic carbocycles. The number of hydrogen-bond acceptors (Lipinski definition) is 1. The van der Waals surface area contributed by atoms with E-state index in [0.29, 0.717) is 5.92 Å². The molecule has 1 saturated carbocycles. The second-order valence-electron chi connectivity index (χ2n) is 2.85. The van der Waals surface area contributed by atoms with Crippen molar-refractivity contribution in [2.24, 2.45) is 11.8 Å². The fourth-order valence-corrected chi connectivity index (χ4v) is 1.75. The molecule has 2 bridgehead atoms. The van der Waals surface area contributed by atoms with Crippen LogP contribution < -0.4 is 0 Å². The Balaban J connectivity index is 2.23. The van der Waals surface area contributed by atoms with Gasteiger partial charge in [0.05, 0.1) is 6.10 Å². The van der Waals surface area contributed by atoms with Crippen LogP contribution in [-0.2, 0) is 0 Å². The summed E-state index contributed by atoms with van der Waals surface area (Å²) >= 11 is 0. The summed E-state index contributed by atoms with van der Waals surface area (Å²) in [5, 5.41) is 9.17. The van der Waals surface area contributed by atoms with E-state index in [1.807, 2.05) is 0 Å². The number of hydrogen-bond donors (Lipinski definition) is 1. The number of aliphatic hydroxyl groups excluding tert-OH is 1. The lowest BCUT2D eigenvalue weighted by molar-refractivity contribution is 0.148. The summed E-state index contributed by atoms with van der Waals surface area (Å²) in [6.07, 6.45) is 6.60. The number of fused-ring (bicyclic) bond motifs is 2. The molecule has 0 heterocycles. The summed E-state index contributed by atoms with van der Waals surface area (Å²) in [5.74, 6) is 1.23. The van der Waals surface area contributed by atoms with Gasteiger partial charge in [0.25, 0.3) is 0 Å². The molecule has 3 atom stereocenters. The zero-order valence-electron chi connectivity index (χ0n) is 4.75. The Hall–Kier alpha value is -0.300. The third-order valence-corrected chi connectivity index (χ3v) is 2.24. The van der Waals surface area contributed by atoms with E-state index in [1.54, 1.807) is 0 Å². The van der Waals surface area contributed by atoms with Crippen molar-refractivity contribution in [3.63, 3.8) is 0 Å². The average Bonchev–Trinajstić information content (AvgIpc) is 2.23. The van der Waals surface area contributed by atoms with Crippen LogP contribution in [0.1, 0.15) is 12.8 Å². The van der Waals surface area contributed by atoms with Gasteiger partial charge in [0, 0.05) is 5.92 Å². The molecular weight excluding hydrogens is 100 g/mol. The second kappa shape index (κ2) is 1.35. The van der Waals surface area contributed by atoms with Crippen molar-refractivity contribution in [1.29, 1.82) is 0 Å². The van der Waals surface area contributed by atoms with Crippen LogP contribution in [0.4, 0.5) is 0 Å². The van der Waals surface area contributed by atoms with Gasteiger partial charge in [0.2, 0.25) is 0 Å². The van der Waals surface area contributed by atoms with Crippen molar-refractivity contribution < 1.29 is 5.11 Å². The fourth-order valence-electron chi connectivity index (χ4n) is 1.75. The summed E-state index contributed by atoms with van der Waals surface area (Å²) in [5.41, 5.74) is 0. The van der Waals surface area contributed by atoms with Gasteiger partial charge in [-0.15, -0.1) is 0 Å². The van der Waals surface area contributed by atoms with E-state index in [9.17, 15) is 0 Å². The van der Waals surface area contributed by atoms with Gasteiger partial charge in [-0.05, 0) is 18.8 Å². The SMILES string of the molecule is O[C@@H]1CC2C=CC1C2. The Morgan fingerprint density at radius 3 is 2.38 bits per heavy atom. The molecular formula is C7H10O. The van der Waals surface area contributed by atoms with E-state index < -0.39 is 0 Å². The maximum Gasteiger partial charge on any atom is 0.0608 e. The lowest BCUT2D eigenvalue weighted by Gasteiger charge is -2.08. The van der Waals surface area contributed by atoms with Gasteiger partial charge < -0.3 is 5.11 Å². The van der Waals surface area contributed by atoms with E-state index in [2.05, 4.69) is 12.2 Å². The Kier molecular flexibility index (Phi) is 0.770. The maximum absolute atomic E-state index is 9.17. The van der Waals surface area contributed by atoms with Crippen LogP contribution in [0.3, 0.4) is 0 Å². The molecule has 2 rings (SSSR count). The maximum atomic E-state index is 9.17. The van der Waals surface area contributed by atoms with Gasteiger partial charge in [-0.1, -0.05) is 12.2 Å². The first kappa shape index (κ1) is 4.57. The van der Waals surface area contributed by atoms with Gasteiger partial charge >= 0.3 is 0 Å². The first-order valence-electron chi connectivity index (χ1n) is 3.22. The lowest BCUT2D eigenvalue weighted by Crippen LogP contribution is -2.11. The van der Waals surface area contributed by atoms with E-state index in [4.69, 9.17) is 5.11 Å². The largest absolute Gasteiger partial charge is 0.392 e. The van der Waals surface area contributed by atoms with Crippen LogP contribution in [-0.4, -0.2) is 11.2 Å². The molecule has 1 N–H and O–H groups in total. The van der Waals surface area contributed by atoms with Crippen LogP contribution in [0, 0.1) is 11.8 Å². The van der Waals surface area contributed by atoms with Crippen LogP contribution in [0.5, 0.6) is 0 Å². The summed E-state index contributed by atoms with van der Waals surface area (Å²) in [7, 11) is 0. The molecule has 2 aliphatic rings. The molecule has 0 spiro atoms. The Morgan fingerprint density at radius 2 is 2.12 bits per heavy atom. The van der Waals surface area contributed by atoms with Gasteiger partial charge in [0.1, 0.15) is 0 Å². The average molecular weight is 110 g/mol. The number of rotatable bonds is 0. The topological polar surface area (TPSA) is 20.2 Å². The first-order valence-corrected chi connectivity index (χ1v) is 3.22. The van der Waals surface area contributed by atoms with Crippen molar-refractivity contribution in [2.45, 2.75) is 18.9 Å². The fraction of sp³-hybridized carbons (Fsp3) is 0.714. The highest BCUT2D eigenvalue weighted by atomic mass is 16.3. The van der Waals surface area contributed by atoms with E-state index >= 15 is 0 Å². The van der Waals surface area contributed by atoms with Crippen molar-refractivity contribution >= 4 is 0 Å². The van der Waals surface area contributed by atoms with Crippen LogP contribution in [0.25, 0.3) is 0 Å².